The van der Waals surface area contributed by atoms with Crippen LogP contribution in [-0.2, 0) is 4.79 Å². The van der Waals surface area contributed by atoms with Crippen LogP contribution in [0.25, 0.3) is 0 Å². The molecule has 0 radical (unpaired) electrons. The minimum absolute atomic E-state index is 0.145. The van der Waals surface area contributed by atoms with E-state index in [1.807, 2.05) is 21.9 Å². The van der Waals surface area contributed by atoms with Gasteiger partial charge in [-0.15, -0.1) is 0 Å². The number of carbonyl (C=O) groups excluding carboxylic acids is 1. The van der Waals surface area contributed by atoms with Gasteiger partial charge < -0.3 is 15.1 Å². The second kappa shape index (κ2) is 8.02. The van der Waals surface area contributed by atoms with E-state index in [0.717, 1.165) is 25.7 Å². The molecule has 3 rings (SSSR count). The summed E-state index contributed by atoms with van der Waals surface area (Å²) in [6.07, 6.45) is 5.89. The van der Waals surface area contributed by atoms with Gasteiger partial charge in [0.05, 0.1) is 5.69 Å². The van der Waals surface area contributed by atoms with Crippen molar-refractivity contribution in [2.75, 3.05) is 31.1 Å². The fourth-order valence-corrected chi connectivity index (χ4v) is 3.45. The first-order valence-electron chi connectivity index (χ1n) is 8.83. The van der Waals surface area contributed by atoms with E-state index >= 15 is 0 Å². The van der Waals surface area contributed by atoms with Gasteiger partial charge in [0.15, 0.2) is 0 Å². The van der Waals surface area contributed by atoms with Crippen molar-refractivity contribution in [2.45, 2.75) is 31.7 Å². The van der Waals surface area contributed by atoms with E-state index in [4.69, 9.17) is 0 Å². The first-order chi connectivity index (χ1) is 12.2. The highest BCUT2D eigenvalue weighted by atomic mass is 19.1. The number of piperazine rings is 1. The van der Waals surface area contributed by atoms with Gasteiger partial charge in [0.25, 0.3) is 5.91 Å². The van der Waals surface area contributed by atoms with Crippen LogP contribution in [0.5, 0.6) is 0 Å². The fourth-order valence-electron chi connectivity index (χ4n) is 3.45. The number of rotatable bonds is 4. The van der Waals surface area contributed by atoms with Gasteiger partial charge in [0, 0.05) is 38.4 Å². The molecule has 25 heavy (non-hydrogen) atoms. The van der Waals surface area contributed by atoms with Gasteiger partial charge in [-0.1, -0.05) is 25.0 Å². The van der Waals surface area contributed by atoms with E-state index in [9.17, 15) is 14.4 Å². The molecule has 2 fully saturated rings. The summed E-state index contributed by atoms with van der Waals surface area (Å²) in [6.45, 7) is 2.60. The van der Waals surface area contributed by atoms with Crippen molar-refractivity contribution in [1.82, 2.24) is 10.2 Å². The third-order valence-corrected chi connectivity index (χ3v) is 4.87. The maximum Gasteiger partial charge on any atom is 0.263 e. The molecule has 1 N–H and O–H groups in total. The van der Waals surface area contributed by atoms with Crippen LogP contribution in [0.2, 0.25) is 0 Å². The summed E-state index contributed by atoms with van der Waals surface area (Å²) in [5.41, 5.74) is 0.747. The van der Waals surface area contributed by atoms with Gasteiger partial charge in [-0.05, 0) is 25.0 Å². The van der Waals surface area contributed by atoms with E-state index in [2.05, 4.69) is 5.32 Å². The monoisotopic (exact) mass is 342 g/mol. The van der Waals surface area contributed by atoms with Crippen molar-refractivity contribution in [3.05, 3.63) is 41.9 Å². The average molecular weight is 342 g/mol. The van der Waals surface area contributed by atoms with Crippen molar-refractivity contribution in [3.8, 4) is 6.07 Å². The van der Waals surface area contributed by atoms with Gasteiger partial charge in [0.2, 0.25) is 0 Å². The van der Waals surface area contributed by atoms with Gasteiger partial charge in [-0.2, -0.15) is 5.26 Å². The Morgan fingerprint density at radius 2 is 1.88 bits per heavy atom. The standard InChI is InChI=1S/C19H23FN4O/c20-17-7-3-4-8-18(17)24-11-9-23(10-12-24)14-15(13-21)19(25)22-16-5-1-2-6-16/h3-4,7-8,14,16H,1-2,5-6,9-12H2,(H,22,25)/b15-14-. The molecule has 0 aromatic heterocycles. The summed E-state index contributed by atoms with van der Waals surface area (Å²) in [7, 11) is 0. The molecule has 6 heteroatoms. The Morgan fingerprint density at radius 1 is 1.20 bits per heavy atom. The lowest BCUT2D eigenvalue weighted by atomic mass is 10.2. The number of benzene rings is 1. The Bertz CT molecular complexity index is 683. The van der Waals surface area contributed by atoms with E-state index < -0.39 is 0 Å². The number of nitriles is 1. The van der Waals surface area contributed by atoms with Gasteiger partial charge in [-0.25, -0.2) is 4.39 Å². The Hall–Kier alpha value is -2.55. The first-order valence-corrected chi connectivity index (χ1v) is 8.83. The molecule has 0 spiro atoms. The lowest BCUT2D eigenvalue weighted by Gasteiger charge is -2.35. The summed E-state index contributed by atoms with van der Waals surface area (Å²) in [5, 5.41) is 12.2. The molecule has 132 valence electrons. The van der Waals surface area contributed by atoms with Gasteiger partial charge in [0.1, 0.15) is 17.5 Å². The minimum atomic E-state index is -0.286. The van der Waals surface area contributed by atoms with Crippen LogP contribution >= 0.6 is 0 Å². The van der Waals surface area contributed by atoms with Crippen LogP contribution in [0.1, 0.15) is 25.7 Å². The normalized spacial score (nSPS) is 19.0. The summed E-state index contributed by atoms with van der Waals surface area (Å²) < 4.78 is 13.9. The zero-order valence-electron chi connectivity index (χ0n) is 14.2. The summed E-state index contributed by atoms with van der Waals surface area (Å²) in [6, 6.07) is 8.95. The quantitative estimate of drug-likeness (QED) is 0.674. The van der Waals surface area contributed by atoms with Crippen LogP contribution in [0.4, 0.5) is 10.1 Å². The molecule has 1 saturated carbocycles. The van der Waals surface area contributed by atoms with E-state index in [0.29, 0.717) is 31.9 Å². The molecule has 0 atom stereocenters. The molecule has 1 saturated heterocycles. The lowest BCUT2D eigenvalue weighted by molar-refractivity contribution is -0.117. The highest BCUT2D eigenvalue weighted by molar-refractivity contribution is 5.97. The van der Waals surface area contributed by atoms with Crippen molar-refractivity contribution >= 4 is 11.6 Å². The highest BCUT2D eigenvalue weighted by Gasteiger charge is 2.22. The molecular formula is C19H23FN4O. The Morgan fingerprint density at radius 3 is 2.52 bits per heavy atom. The molecule has 1 aliphatic heterocycles. The zero-order valence-corrected chi connectivity index (χ0v) is 14.2. The molecule has 1 aromatic rings. The number of nitrogens with zero attached hydrogens (tertiary/aromatic N) is 3. The number of para-hydroxylation sites is 1. The third kappa shape index (κ3) is 4.30. The molecule has 5 nitrogen and oxygen atoms in total. The number of hydrogen-bond acceptors (Lipinski definition) is 4. The fraction of sp³-hybridized carbons (Fsp3) is 0.474. The third-order valence-electron chi connectivity index (χ3n) is 4.87. The molecule has 1 aliphatic carbocycles. The molecule has 0 unspecified atom stereocenters. The number of carbonyl (C=O) groups is 1. The Kier molecular flexibility index (Phi) is 5.54. The van der Waals surface area contributed by atoms with E-state index in [1.165, 1.54) is 6.07 Å². The smallest absolute Gasteiger partial charge is 0.263 e. The first kappa shape index (κ1) is 17.3. The maximum absolute atomic E-state index is 13.9. The van der Waals surface area contributed by atoms with Crippen molar-refractivity contribution in [3.63, 3.8) is 0 Å². The molecule has 2 aliphatic rings. The van der Waals surface area contributed by atoms with Crippen LogP contribution in [0, 0.1) is 17.1 Å². The van der Waals surface area contributed by atoms with Crippen molar-refractivity contribution in [2.24, 2.45) is 0 Å². The van der Waals surface area contributed by atoms with Crippen LogP contribution < -0.4 is 10.2 Å². The second-order valence-electron chi connectivity index (χ2n) is 6.58. The van der Waals surface area contributed by atoms with Gasteiger partial charge in [-0.3, -0.25) is 4.79 Å². The average Bonchev–Trinajstić information content (AvgIpc) is 3.13. The van der Waals surface area contributed by atoms with Crippen LogP contribution in [0.3, 0.4) is 0 Å². The van der Waals surface area contributed by atoms with Crippen molar-refractivity contribution < 1.29 is 9.18 Å². The molecular weight excluding hydrogens is 319 g/mol. The number of amides is 1. The second-order valence-corrected chi connectivity index (χ2v) is 6.58. The number of nitrogens with one attached hydrogen (secondary N) is 1. The predicted octanol–water partition coefficient (Wildman–Crippen LogP) is 2.41. The summed E-state index contributed by atoms with van der Waals surface area (Å²) >= 11 is 0. The summed E-state index contributed by atoms with van der Waals surface area (Å²) in [5.74, 6) is -0.508. The Labute approximate surface area is 147 Å². The van der Waals surface area contributed by atoms with E-state index in [1.54, 1.807) is 18.3 Å². The molecule has 1 heterocycles. The lowest BCUT2D eigenvalue weighted by Crippen LogP contribution is -2.45. The van der Waals surface area contributed by atoms with Crippen LogP contribution in [-0.4, -0.2) is 43.0 Å². The van der Waals surface area contributed by atoms with Gasteiger partial charge >= 0.3 is 0 Å². The van der Waals surface area contributed by atoms with Crippen molar-refractivity contribution in [1.29, 1.82) is 5.26 Å². The maximum atomic E-state index is 13.9. The number of hydrogen-bond donors (Lipinski definition) is 1. The topological polar surface area (TPSA) is 59.4 Å². The minimum Gasteiger partial charge on any atom is -0.373 e. The summed E-state index contributed by atoms with van der Waals surface area (Å²) in [4.78, 5) is 16.2. The predicted molar refractivity (Wildman–Crippen MR) is 94.3 cm³/mol. The number of anilines is 1. The Balaban J connectivity index is 1.57. The van der Waals surface area contributed by atoms with Crippen LogP contribution in [0.15, 0.2) is 36.0 Å². The van der Waals surface area contributed by atoms with E-state index in [-0.39, 0.29) is 23.3 Å². The zero-order chi connectivity index (χ0) is 17.6. The largest absolute Gasteiger partial charge is 0.373 e. The SMILES string of the molecule is N#C/C(=C/N1CCN(c2ccccc2F)CC1)C(=O)NC1CCCC1. The highest BCUT2D eigenvalue weighted by Crippen LogP contribution is 2.21. The molecule has 0 bridgehead atoms. The number of halogens is 1. The molecule has 1 aromatic carbocycles. The molecule has 1 amide bonds.